The molecule has 0 aromatic carbocycles. The van der Waals surface area contributed by atoms with Gasteiger partial charge in [0.25, 0.3) is 0 Å². The molecule has 1 atom stereocenters. The molecule has 3 heteroatoms. The van der Waals surface area contributed by atoms with Crippen molar-refractivity contribution in [3.05, 3.63) is 0 Å². The summed E-state index contributed by atoms with van der Waals surface area (Å²) in [5.41, 5.74) is 0.123. The molecule has 0 amide bonds. The molecule has 1 rings (SSSR count). The predicted octanol–water partition coefficient (Wildman–Crippen LogP) is 1.47. The molecule has 96 valence electrons. The lowest BCUT2D eigenvalue weighted by molar-refractivity contribution is 0.181. The molecule has 0 spiro atoms. The van der Waals surface area contributed by atoms with Gasteiger partial charge in [-0.05, 0) is 65.2 Å². The van der Waals surface area contributed by atoms with E-state index in [0.717, 1.165) is 25.3 Å². The molecule has 3 nitrogen and oxygen atoms in total. The topological polar surface area (TPSA) is 35.5 Å². The van der Waals surface area contributed by atoms with Crippen LogP contribution in [0.3, 0.4) is 0 Å². The second-order valence-electron chi connectivity index (χ2n) is 5.52. The third-order valence-electron chi connectivity index (χ3n) is 4.10. The van der Waals surface area contributed by atoms with Crippen LogP contribution in [0.25, 0.3) is 0 Å². The molecule has 0 aliphatic carbocycles. The molecule has 1 aliphatic rings. The summed E-state index contributed by atoms with van der Waals surface area (Å²) < 4.78 is 0. The molecule has 0 saturated carbocycles. The van der Waals surface area contributed by atoms with E-state index in [4.69, 9.17) is 5.11 Å². The van der Waals surface area contributed by atoms with E-state index >= 15 is 0 Å². The fraction of sp³-hybridized carbons (Fsp3) is 1.00. The monoisotopic (exact) mass is 228 g/mol. The normalized spacial score (nSPS) is 23.2. The third-order valence-corrected chi connectivity index (χ3v) is 4.10. The first-order valence-electron chi connectivity index (χ1n) is 6.64. The fourth-order valence-corrected chi connectivity index (χ4v) is 2.29. The zero-order chi connectivity index (χ0) is 12.0. The number of aliphatic hydroxyl groups excluding tert-OH is 1. The number of hydrogen-bond acceptors (Lipinski definition) is 3. The van der Waals surface area contributed by atoms with Crippen molar-refractivity contribution in [1.29, 1.82) is 0 Å². The number of nitrogens with one attached hydrogen (secondary N) is 1. The zero-order valence-electron chi connectivity index (χ0n) is 11.1. The maximum Gasteiger partial charge on any atom is 0.0448 e. The largest absolute Gasteiger partial charge is 0.396 e. The lowest BCUT2D eigenvalue weighted by atomic mass is 9.91. The maximum absolute atomic E-state index is 9.06. The van der Waals surface area contributed by atoms with Crippen LogP contribution in [-0.2, 0) is 0 Å². The molecule has 2 N–H and O–H groups in total. The van der Waals surface area contributed by atoms with E-state index in [1.165, 1.54) is 25.9 Å². The van der Waals surface area contributed by atoms with E-state index in [9.17, 15) is 0 Å². The van der Waals surface area contributed by atoms with E-state index in [0.29, 0.717) is 0 Å². The van der Waals surface area contributed by atoms with E-state index in [-0.39, 0.29) is 12.1 Å². The van der Waals surface area contributed by atoms with E-state index < -0.39 is 0 Å². The SMILES string of the molecule is CCC(C)(CCO)NCC1CCN(C)CC1. The van der Waals surface area contributed by atoms with E-state index in [1.807, 2.05) is 0 Å². The van der Waals surface area contributed by atoms with E-state index in [2.05, 4.69) is 31.1 Å². The Morgan fingerprint density at radius 1 is 1.38 bits per heavy atom. The quantitative estimate of drug-likeness (QED) is 0.722. The van der Waals surface area contributed by atoms with Gasteiger partial charge >= 0.3 is 0 Å². The summed E-state index contributed by atoms with van der Waals surface area (Å²) in [5.74, 6) is 0.820. The first kappa shape index (κ1) is 13.9. The first-order valence-corrected chi connectivity index (χ1v) is 6.64. The zero-order valence-corrected chi connectivity index (χ0v) is 11.1. The van der Waals surface area contributed by atoms with Crippen molar-refractivity contribution in [2.45, 2.75) is 45.1 Å². The van der Waals surface area contributed by atoms with Gasteiger partial charge in [0, 0.05) is 12.1 Å². The van der Waals surface area contributed by atoms with Crippen LogP contribution in [0, 0.1) is 5.92 Å². The van der Waals surface area contributed by atoms with Gasteiger partial charge in [-0.15, -0.1) is 0 Å². The molecule has 1 aliphatic heterocycles. The minimum atomic E-state index is 0.123. The highest BCUT2D eigenvalue weighted by molar-refractivity contribution is 4.83. The van der Waals surface area contributed by atoms with Gasteiger partial charge in [-0.25, -0.2) is 0 Å². The van der Waals surface area contributed by atoms with Gasteiger partial charge in [0.05, 0.1) is 0 Å². The van der Waals surface area contributed by atoms with Crippen LogP contribution in [0.2, 0.25) is 0 Å². The lowest BCUT2D eigenvalue weighted by Crippen LogP contribution is -2.46. The number of piperidine rings is 1. The molecule has 0 aromatic rings. The molecule has 1 fully saturated rings. The first-order chi connectivity index (χ1) is 7.59. The summed E-state index contributed by atoms with van der Waals surface area (Å²) in [7, 11) is 2.20. The van der Waals surface area contributed by atoms with Crippen molar-refractivity contribution in [2.24, 2.45) is 5.92 Å². The molecular weight excluding hydrogens is 200 g/mol. The Morgan fingerprint density at radius 3 is 2.50 bits per heavy atom. The summed E-state index contributed by atoms with van der Waals surface area (Å²) in [4.78, 5) is 2.41. The van der Waals surface area contributed by atoms with Crippen LogP contribution in [0.5, 0.6) is 0 Å². The van der Waals surface area contributed by atoms with Gasteiger partial charge in [-0.3, -0.25) is 0 Å². The van der Waals surface area contributed by atoms with Crippen molar-refractivity contribution in [3.8, 4) is 0 Å². The van der Waals surface area contributed by atoms with Gasteiger partial charge in [0.1, 0.15) is 0 Å². The van der Waals surface area contributed by atoms with Crippen molar-refractivity contribution in [1.82, 2.24) is 10.2 Å². The highest BCUT2D eigenvalue weighted by atomic mass is 16.3. The van der Waals surface area contributed by atoms with Crippen LogP contribution in [0.4, 0.5) is 0 Å². The van der Waals surface area contributed by atoms with E-state index in [1.54, 1.807) is 0 Å². The minimum Gasteiger partial charge on any atom is -0.396 e. The Hall–Kier alpha value is -0.120. The second kappa shape index (κ2) is 6.58. The molecular formula is C13H28N2O. The number of hydrogen-bond donors (Lipinski definition) is 2. The Labute approximate surface area is 100 Å². The Kier molecular flexibility index (Phi) is 5.73. The third kappa shape index (κ3) is 4.40. The Balaban J connectivity index is 2.27. The molecule has 0 radical (unpaired) electrons. The average Bonchev–Trinajstić information content (AvgIpc) is 2.29. The van der Waals surface area contributed by atoms with Crippen LogP contribution in [0.1, 0.15) is 39.5 Å². The van der Waals surface area contributed by atoms with Crippen molar-refractivity contribution in [3.63, 3.8) is 0 Å². The summed E-state index contributed by atoms with van der Waals surface area (Å²) in [6.45, 7) is 8.27. The Bertz CT molecular complexity index is 190. The summed E-state index contributed by atoms with van der Waals surface area (Å²) in [6, 6.07) is 0. The molecule has 16 heavy (non-hydrogen) atoms. The van der Waals surface area contributed by atoms with Crippen LogP contribution < -0.4 is 5.32 Å². The molecule has 1 unspecified atom stereocenters. The van der Waals surface area contributed by atoms with Crippen LogP contribution in [-0.4, -0.2) is 48.8 Å². The van der Waals surface area contributed by atoms with Crippen molar-refractivity contribution >= 4 is 0 Å². The smallest absolute Gasteiger partial charge is 0.0448 e. The maximum atomic E-state index is 9.06. The van der Waals surface area contributed by atoms with Crippen molar-refractivity contribution in [2.75, 3.05) is 33.3 Å². The number of nitrogens with zero attached hydrogens (tertiary/aromatic N) is 1. The highest BCUT2D eigenvalue weighted by Crippen LogP contribution is 2.18. The lowest BCUT2D eigenvalue weighted by Gasteiger charge is -2.34. The molecule has 0 bridgehead atoms. The van der Waals surface area contributed by atoms with Gasteiger partial charge in [0.2, 0.25) is 0 Å². The predicted molar refractivity (Wildman–Crippen MR) is 68.6 cm³/mol. The average molecular weight is 228 g/mol. The molecule has 1 heterocycles. The Morgan fingerprint density at radius 2 is 2.00 bits per heavy atom. The van der Waals surface area contributed by atoms with Crippen LogP contribution >= 0.6 is 0 Å². The minimum absolute atomic E-state index is 0.123. The molecule has 1 saturated heterocycles. The number of likely N-dealkylation sites (tertiary alicyclic amines) is 1. The highest BCUT2D eigenvalue weighted by Gasteiger charge is 2.23. The van der Waals surface area contributed by atoms with Gasteiger partial charge in [-0.2, -0.15) is 0 Å². The summed E-state index contributed by atoms with van der Waals surface area (Å²) in [5, 5.41) is 12.7. The van der Waals surface area contributed by atoms with Crippen LogP contribution in [0.15, 0.2) is 0 Å². The number of aliphatic hydroxyl groups is 1. The van der Waals surface area contributed by atoms with Crippen molar-refractivity contribution < 1.29 is 5.11 Å². The second-order valence-corrected chi connectivity index (χ2v) is 5.52. The standard InChI is InChI=1S/C13H28N2O/c1-4-13(2,7-10-16)14-11-12-5-8-15(3)9-6-12/h12,14,16H,4-11H2,1-3H3. The number of rotatable bonds is 6. The fourth-order valence-electron chi connectivity index (χ4n) is 2.29. The van der Waals surface area contributed by atoms with Gasteiger partial charge < -0.3 is 15.3 Å². The van der Waals surface area contributed by atoms with Gasteiger partial charge in [0.15, 0.2) is 0 Å². The summed E-state index contributed by atoms with van der Waals surface area (Å²) in [6.07, 6.45) is 4.56. The van der Waals surface area contributed by atoms with Gasteiger partial charge in [-0.1, -0.05) is 6.92 Å². The molecule has 0 aromatic heterocycles. The summed E-state index contributed by atoms with van der Waals surface area (Å²) >= 11 is 0.